The van der Waals surface area contributed by atoms with Gasteiger partial charge in [0, 0.05) is 18.5 Å². The third kappa shape index (κ3) is 4.67. The summed E-state index contributed by atoms with van der Waals surface area (Å²) in [6, 6.07) is 0.270. The molecule has 104 valence electrons. The predicted octanol–water partition coefficient (Wildman–Crippen LogP) is 3.14. The minimum atomic E-state index is -0.484. The van der Waals surface area contributed by atoms with Gasteiger partial charge in [-0.2, -0.15) is 0 Å². The third-order valence-electron chi connectivity index (χ3n) is 2.93. The van der Waals surface area contributed by atoms with Gasteiger partial charge in [0.1, 0.15) is 11.9 Å². The van der Waals surface area contributed by atoms with Crippen LogP contribution in [-0.4, -0.2) is 35.0 Å². The van der Waals surface area contributed by atoms with Crippen LogP contribution in [0.3, 0.4) is 0 Å². The highest BCUT2D eigenvalue weighted by atomic mass is 16.6. The van der Waals surface area contributed by atoms with Gasteiger partial charge in [-0.25, -0.2) is 4.79 Å². The first-order chi connectivity index (χ1) is 8.39. The molecule has 0 spiro atoms. The maximum absolute atomic E-state index is 12.2. The van der Waals surface area contributed by atoms with Gasteiger partial charge in [0.15, 0.2) is 0 Å². The quantitative estimate of drug-likeness (QED) is 0.685. The zero-order chi connectivity index (χ0) is 13.8. The molecule has 0 saturated heterocycles. The Kier molecular flexibility index (Phi) is 5.17. The van der Waals surface area contributed by atoms with Crippen LogP contribution in [0.25, 0.3) is 0 Å². The molecule has 4 nitrogen and oxygen atoms in total. The molecule has 18 heavy (non-hydrogen) atoms. The van der Waals surface area contributed by atoms with Gasteiger partial charge >= 0.3 is 6.09 Å². The molecule has 1 rings (SSSR count). The maximum Gasteiger partial charge on any atom is 0.410 e. The lowest BCUT2D eigenvalue weighted by Crippen LogP contribution is -2.45. The molecule has 0 N–H and O–H groups in total. The summed E-state index contributed by atoms with van der Waals surface area (Å²) in [5.41, 5.74) is -0.484. The largest absolute Gasteiger partial charge is 0.444 e. The number of aldehydes is 1. The maximum atomic E-state index is 12.2. The van der Waals surface area contributed by atoms with Crippen LogP contribution in [0.5, 0.6) is 0 Å². The van der Waals surface area contributed by atoms with E-state index in [0.717, 1.165) is 32.0 Å². The molecule has 4 heteroatoms. The van der Waals surface area contributed by atoms with Crippen molar-refractivity contribution in [2.45, 2.75) is 77.5 Å². The summed E-state index contributed by atoms with van der Waals surface area (Å²) >= 11 is 0. The molecule has 1 saturated carbocycles. The van der Waals surface area contributed by atoms with E-state index >= 15 is 0 Å². The zero-order valence-corrected chi connectivity index (χ0v) is 11.9. The molecule has 0 aromatic carbocycles. The van der Waals surface area contributed by atoms with E-state index in [-0.39, 0.29) is 18.2 Å². The minimum absolute atomic E-state index is 0.00477. The van der Waals surface area contributed by atoms with Crippen molar-refractivity contribution < 1.29 is 14.3 Å². The number of carbonyl (C=O) groups excluding carboxylic acids is 2. The Morgan fingerprint density at radius 2 is 2.06 bits per heavy atom. The summed E-state index contributed by atoms with van der Waals surface area (Å²) in [5.74, 6) is 0. The molecule has 1 unspecified atom stereocenters. The lowest BCUT2D eigenvalue weighted by atomic mass is 10.1. The van der Waals surface area contributed by atoms with Gasteiger partial charge in [-0.05, 0) is 40.0 Å². The zero-order valence-electron chi connectivity index (χ0n) is 11.9. The molecule has 1 amide bonds. The second kappa shape index (κ2) is 6.21. The smallest absolute Gasteiger partial charge is 0.410 e. The second-order valence-electron chi connectivity index (χ2n) is 5.96. The molecule has 1 fully saturated rings. The van der Waals surface area contributed by atoms with Crippen molar-refractivity contribution in [2.75, 3.05) is 0 Å². The summed E-state index contributed by atoms with van der Waals surface area (Å²) in [6.45, 7) is 7.66. The van der Waals surface area contributed by atoms with E-state index in [0.29, 0.717) is 6.42 Å². The van der Waals surface area contributed by atoms with E-state index in [1.165, 1.54) is 0 Å². The number of rotatable bonds is 6. The van der Waals surface area contributed by atoms with Crippen LogP contribution < -0.4 is 0 Å². The summed E-state index contributed by atoms with van der Waals surface area (Å²) in [7, 11) is 0. The third-order valence-corrected chi connectivity index (χ3v) is 2.93. The van der Waals surface area contributed by atoms with Crippen molar-refractivity contribution in [2.24, 2.45) is 0 Å². The predicted molar refractivity (Wildman–Crippen MR) is 70.5 cm³/mol. The summed E-state index contributed by atoms with van der Waals surface area (Å²) in [6.07, 6.45) is 4.91. The fourth-order valence-electron chi connectivity index (χ4n) is 2.08. The van der Waals surface area contributed by atoms with Gasteiger partial charge in [-0.1, -0.05) is 13.3 Å². The number of hydrogen-bond acceptors (Lipinski definition) is 3. The molecule has 1 aliphatic rings. The highest BCUT2D eigenvalue weighted by Crippen LogP contribution is 2.32. The first kappa shape index (κ1) is 15.0. The first-order valence-electron chi connectivity index (χ1n) is 6.84. The standard InChI is InChI=1S/C14H25NO3/c1-5-6-11(9-10-16)15(12-7-8-12)13(17)18-14(2,3)4/h10-12H,5-9H2,1-4H3. The summed E-state index contributed by atoms with van der Waals surface area (Å²) in [4.78, 5) is 24.8. The van der Waals surface area contributed by atoms with Gasteiger partial charge in [0.2, 0.25) is 0 Å². The number of nitrogens with zero attached hydrogens (tertiary/aromatic N) is 1. The minimum Gasteiger partial charge on any atom is -0.444 e. The van der Waals surface area contributed by atoms with E-state index in [9.17, 15) is 9.59 Å². The van der Waals surface area contributed by atoms with Crippen LogP contribution in [0.4, 0.5) is 4.79 Å². The van der Waals surface area contributed by atoms with E-state index in [4.69, 9.17) is 4.74 Å². The molecule has 0 bridgehead atoms. The molecule has 0 aliphatic heterocycles. The Hall–Kier alpha value is -1.06. The fraction of sp³-hybridized carbons (Fsp3) is 0.857. The van der Waals surface area contributed by atoms with Crippen LogP contribution in [-0.2, 0) is 9.53 Å². The number of hydrogen-bond donors (Lipinski definition) is 0. The van der Waals surface area contributed by atoms with Crippen LogP contribution in [0.15, 0.2) is 0 Å². The van der Waals surface area contributed by atoms with Gasteiger partial charge in [-0.15, -0.1) is 0 Å². The first-order valence-corrected chi connectivity index (χ1v) is 6.84. The molecular formula is C14H25NO3. The van der Waals surface area contributed by atoms with Crippen molar-refractivity contribution in [3.05, 3.63) is 0 Å². The number of carbonyl (C=O) groups is 2. The number of ether oxygens (including phenoxy) is 1. The van der Waals surface area contributed by atoms with Crippen molar-refractivity contribution in [1.29, 1.82) is 0 Å². The average Bonchev–Trinajstić information content (AvgIpc) is 3.00. The van der Waals surface area contributed by atoms with E-state index < -0.39 is 5.60 Å². The lowest BCUT2D eigenvalue weighted by Gasteiger charge is -2.33. The average molecular weight is 255 g/mol. The molecule has 0 aromatic rings. The molecule has 0 radical (unpaired) electrons. The second-order valence-corrected chi connectivity index (χ2v) is 5.96. The Balaban J connectivity index is 2.73. The van der Waals surface area contributed by atoms with E-state index in [1.807, 2.05) is 20.8 Å². The lowest BCUT2D eigenvalue weighted by molar-refractivity contribution is -0.108. The van der Waals surface area contributed by atoms with Crippen LogP contribution >= 0.6 is 0 Å². The Morgan fingerprint density at radius 1 is 1.44 bits per heavy atom. The van der Waals surface area contributed by atoms with E-state index in [2.05, 4.69) is 6.92 Å². The van der Waals surface area contributed by atoms with Crippen LogP contribution in [0.1, 0.15) is 59.8 Å². The van der Waals surface area contributed by atoms with Crippen molar-refractivity contribution in [1.82, 2.24) is 4.90 Å². The van der Waals surface area contributed by atoms with Crippen LogP contribution in [0, 0.1) is 0 Å². The number of amides is 1. The monoisotopic (exact) mass is 255 g/mol. The molecule has 1 atom stereocenters. The Labute approximate surface area is 110 Å². The van der Waals surface area contributed by atoms with E-state index in [1.54, 1.807) is 4.90 Å². The molecule has 0 heterocycles. The van der Waals surface area contributed by atoms with Crippen LogP contribution in [0.2, 0.25) is 0 Å². The summed E-state index contributed by atoms with van der Waals surface area (Å²) in [5, 5.41) is 0. The normalized spacial score (nSPS) is 17.1. The molecular weight excluding hydrogens is 230 g/mol. The Bertz CT molecular complexity index is 292. The Morgan fingerprint density at radius 3 is 2.44 bits per heavy atom. The van der Waals surface area contributed by atoms with Gasteiger partial charge in [0.25, 0.3) is 0 Å². The highest BCUT2D eigenvalue weighted by molar-refractivity contribution is 5.70. The summed E-state index contributed by atoms with van der Waals surface area (Å²) < 4.78 is 5.45. The van der Waals surface area contributed by atoms with Gasteiger partial charge in [0.05, 0.1) is 0 Å². The van der Waals surface area contributed by atoms with Crippen molar-refractivity contribution >= 4 is 12.4 Å². The van der Waals surface area contributed by atoms with Gasteiger partial charge in [-0.3, -0.25) is 0 Å². The van der Waals surface area contributed by atoms with Gasteiger partial charge < -0.3 is 14.4 Å². The molecule has 0 aromatic heterocycles. The van der Waals surface area contributed by atoms with Crippen molar-refractivity contribution in [3.63, 3.8) is 0 Å². The topological polar surface area (TPSA) is 46.6 Å². The van der Waals surface area contributed by atoms with Crippen molar-refractivity contribution in [3.8, 4) is 0 Å². The fourth-order valence-corrected chi connectivity index (χ4v) is 2.08. The molecule has 1 aliphatic carbocycles. The highest BCUT2D eigenvalue weighted by Gasteiger charge is 2.39. The SMILES string of the molecule is CCCC(CC=O)N(C(=O)OC(C)(C)C)C1CC1.